The summed E-state index contributed by atoms with van der Waals surface area (Å²) in [5.41, 5.74) is 1.70. The van der Waals surface area contributed by atoms with Crippen LogP contribution in [0.15, 0.2) is 57.7 Å². The molecule has 31 heavy (non-hydrogen) atoms. The lowest BCUT2D eigenvalue weighted by Crippen LogP contribution is -2.40. The first-order chi connectivity index (χ1) is 15.1. The molecule has 158 valence electrons. The maximum atomic E-state index is 13.0. The van der Waals surface area contributed by atoms with Gasteiger partial charge in [0.05, 0.1) is 12.1 Å². The molecule has 3 heterocycles. The summed E-state index contributed by atoms with van der Waals surface area (Å²) in [5.74, 6) is 0.569. The molecule has 1 fully saturated rings. The molecule has 0 aliphatic carbocycles. The lowest BCUT2D eigenvalue weighted by atomic mass is 9.98. The van der Waals surface area contributed by atoms with Crippen molar-refractivity contribution in [3.63, 3.8) is 0 Å². The van der Waals surface area contributed by atoms with Gasteiger partial charge in [0.15, 0.2) is 17.2 Å². The maximum Gasteiger partial charge on any atom is 0.275 e. The second-order valence-corrected chi connectivity index (χ2v) is 7.86. The number of fused-ring (bicyclic) bond motifs is 2. The van der Waals surface area contributed by atoms with E-state index in [1.165, 1.54) is 4.68 Å². The van der Waals surface area contributed by atoms with Crippen molar-refractivity contribution in [1.29, 1.82) is 0 Å². The van der Waals surface area contributed by atoms with Crippen LogP contribution in [-0.2, 0) is 6.67 Å². The molecule has 0 spiro atoms. The molecule has 1 atom stereocenters. The van der Waals surface area contributed by atoms with Gasteiger partial charge in [-0.2, -0.15) is 5.10 Å². The standard InChI is InChI=1S/C23H23N5O3/c1-24-21(29)20-16-8-2-3-9-17(16)23(30)28(26-20)14-27-12-6-7-15(13-27)22-25-18-10-4-5-11-19(18)31-22/h2-5,8-11,15H,6-7,12-14H2,1H3,(H,24,29). The fraction of sp³-hybridized carbons (Fsp3) is 0.304. The smallest absolute Gasteiger partial charge is 0.275 e. The van der Waals surface area contributed by atoms with E-state index in [0.29, 0.717) is 24.0 Å². The minimum atomic E-state index is -0.312. The number of aromatic nitrogens is 3. The van der Waals surface area contributed by atoms with E-state index in [1.54, 1.807) is 31.3 Å². The normalized spacial score (nSPS) is 17.3. The van der Waals surface area contributed by atoms with Gasteiger partial charge in [-0.25, -0.2) is 9.67 Å². The number of carbonyl (C=O) groups excluding carboxylic acids is 1. The molecule has 1 saturated heterocycles. The van der Waals surface area contributed by atoms with E-state index in [-0.39, 0.29) is 23.1 Å². The van der Waals surface area contributed by atoms with Crippen molar-refractivity contribution in [1.82, 2.24) is 25.0 Å². The number of likely N-dealkylation sites (tertiary alicyclic amines) is 1. The predicted octanol–water partition coefficient (Wildman–Crippen LogP) is 2.73. The third kappa shape index (κ3) is 3.59. The zero-order valence-corrected chi connectivity index (χ0v) is 17.2. The number of carbonyl (C=O) groups is 1. The number of benzene rings is 2. The molecule has 0 radical (unpaired) electrons. The second-order valence-electron chi connectivity index (χ2n) is 7.86. The largest absolute Gasteiger partial charge is 0.440 e. The highest BCUT2D eigenvalue weighted by Crippen LogP contribution is 2.29. The number of rotatable bonds is 4. The average Bonchev–Trinajstić information content (AvgIpc) is 3.25. The highest BCUT2D eigenvalue weighted by Gasteiger charge is 2.26. The van der Waals surface area contributed by atoms with Gasteiger partial charge >= 0.3 is 0 Å². The molecule has 1 N–H and O–H groups in total. The van der Waals surface area contributed by atoms with Crippen LogP contribution >= 0.6 is 0 Å². The molecule has 1 aliphatic rings. The van der Waals surface area contributed by atoms with Crippen LogP contribution in [0.1, 0.15) is 35.1 Å². The Bertz CT molecular complexity index is 1290. The van der Waals surface area contributed by atoms with Crippen LogP contribution in [0, 0.1) is 0 Å². The number of oxazole rings is 1. The molecule has 4 aromatic rings. The molecule has 2 aromatic heterocycles. The van der Waals surface area contributed by atoms with Gasteiger partial charge < -0.3 is 9.73 Å². The molecule has 8 nitrogen and oxygen atoms in total. The number of para-hydroxylation sites is 2. The van der Waals surface area contributed by atoms with Crippen molar-refractivity contribution in [3.8, 4) is 0 Å². The number of piperidine rings is 1. The first-order valence-corrected chi connectivity index (χ1v) is 10.4. The molecule has 1 amide bonds. The highest BCUT2D eigenvalue weighted by molar-refractivity contribution is 6.04. The molecule has 5 rings (SSSR count). The summed E-state index contributed by atoms with van der Waals surface area (Å²) in [6.07, 6.45) is 1.95. The fourth-order valence-electron chi connectivity index (χ4n) is 4.26. The lowest BCUT2D eigenvalue weighted by molar-refractivity contribution is 0.0954. The van der Waals surface area contributed by atoms with Gasteiger partial charge in [-0.3, -0.25) is 14.5 Å². The van der Waals surface area contributed by atoms with Gasteiger partial charge in [-0.05, 0) is 37.6 Å². The Hall–Kier alpha value is -3.52. The van der Waals surface area contributed by atoms with Gasteiger partial charge in [0, 0.05) is 24.9 Å². The van der Waals surface area contributed by atoms with Crippen molar-refractivity contribution < 1.29 is 9.21 Å². The van der Waals surface area contributed by atoms with Crippen molar-refractivity contribution in [2.24, 2.45) is 0 Å². The number of nitrogens with one attached hydrogen (secondary N) is 1. The third-order valence-corrected chi connectivity index (χ3v) is 5.81. The van der Waals surface area contributed by atoms with E-state index in [2.05, 4.69) is 20.3 Å². The second kappa shape index (κ2) is 7.96. The summed E-state index contributed by atoms with van der Waals surface area (Å²) >= 11 is 0. The molecule has 1 aliphatic heterocycles. The van der Waals surface area contributed by atoms with E-state index in [4.69, 9.17) is 4.42 Å². The molecule has 2 aromatic carbocycles. The number of hydrogen-bond donors (Lipinski definition) is 1. The minimum Gasteiger partial charge on any atom is -0.440 e. The summed E-state index contributed by atoms with van der Waals surface area (Å²) < 4.78 is 7.37. The Morgan fingerprint density at radius 1 is 1.16 bits per heavy atom. The minimum absolute atomic E-state index is 0.149. The van der Waals surface area contributed by atoms with Crippen LogP contribution in [0.5, 0.6) is 0 Å². The van der Waals surface area contributed by atoms with Crippen LogP contribution in [0.2, 0.25) is 0 Å². The summed E-state index contributed by atoms with van der Waals surface area (Å²) in [6.45, 7) is 1.86. The van der Waals surface area contributed by atoms with Crippen molar-refractivity contribution in [2.75, 3.05) is 20.1 Å². The first-order valence-electron chi connectivity index (χ1n) is 10.4. The first kappa shape index (κ1) is 19.4. The molecular weight excluding hydrogens is 394 g/mol. The van der Waals surface area contributed by atoms with Crippen molar-refractivity contribution in [2.45, 2.75) is 25.4 Å². The number of amides is 1. The Kier molecular flexibility index (Phi) is 4.99. The van der Waals surface area contributed by atoms with Gasteiger partial charge in [0.2, 0.25) is 0 Å². The SMILES string of the molecule is CNC(=O)c1nn(CN2CCCC(c3nc4ccccc4o3)C2)c(=O)c2ccccc12. The zero-order chi connectivity index (χ0) is 21.4. The predicted molar refractivity (Wildman–Crippen MR) is 117 cm³/mol. The lowest BCUT2D eigenvalue weighted by Gasteiger charge is -2.31. The van der Waals surface area contributed by atoms with Crippen molar-refractivity contribution in [3.05, 3.63) is 70.5 Å². The van der Waals surface area contributed by atoms with E-state index in [9.17, 15) is 9.59 Å². The Morgan fingerprint density at radius 2 is 1.94 bits per heavy atom. The fourth-order valence-corrected chi connectivity index (χ4v) is 4.26. The highest BCUT2D eigenvalue weighted by atomic mass is 16.3. The maximum absolute atomic E-state index is 13.0. The molecule has 1 unspecified atom stereocenters. The monoisotopic (exact) mass is 417 g/mol. The van der Waals surface area contributed by atoms with Crippen LogP contribution < -0.4 is 10.9 Å². The van der Waals surface area contributed by atoms with Crippen molar-refractivity contribution >= 4 is 27.8 Å². The van der Waals surface area contributed by atoms with Gasteiger partial charge in [-0.15, -0.1) is 0 Å². The van der Waals surface area contributed by atoms with Gasteiger partial charge in [-0.1, -0.05) is 30.3 Å². The van der Waals surface area contributed by atoms with Crippen LogP contribution in [0.25, 0.3) is 21.9 Å². The number of hydrogen-bond acceptors (Lipinski definition) is 6. The quantitative estimate of drug-likeness (QED) is 0.549. The molecular formula is C23H23N5O3. The van der Waals surface area contributed by atoms with Gasteiger partial charge in [0.1, 0.15) is 5.52 Å². The van der Waals surface area contributed by atoms with Gasteiger partial charge in [0.25, 0.3) is 11.5 Å². The average molecular weight is 417 g/mol. The zero-order valence-electron chi connectivity index (χ0n) is 17.2. The summed E-state index contributed by atoms with van der Waals surface area (Å²) in [6, 6.07) is 14.8. The molecule has 8 heteroatoms. The topological polar surface area (TPSA) is 93.3 Å². The third-order valence-electron chi connectivity index (χ3n) is 5.81. The Balaban J connectivity index is 1.44. The summed E-state index contributed by atoms with van der Waals surface area (Å²) in [5, 5.41) is 8.07. The van der Waals surface area contributed by atoms with Crippen LogP contribution in [-0.4, -0.2) is 45.7 Å². The summed E-state index contributed by atoms with van der Waals surface area (Å²) in [4.78, 5) is 32.2. The molecule has 0 saturated carbocycles. The van der Waals surface area contributed by atoms with Crippen LogP contribution in [0.4, 0.5) is 0 Å². The number of nitrogens with zero attached hydrogens (tertiary/aromatic N) is 4. The Morgan fingerprint density at radius 3 is 2.74 bits per heavy atom. The van der Waals surface area contributed by atoms with Crippen LogP contribution in [0.3, 0.4) is 0 Å². The van der Waals surface area contributed by atoms with E-state index >= 15 is 0 Å². The summed E-state index contributed by atoms with van der Waals surface area (Å²) in [7, 11) is 1.56. The Labute approximate surface area is 178 Å². The van der Waals surface area contributed by atoms with E-state index in [1.807, 2.05) is 24.3 Å². The van der Waals surface area contributed by atoms with E-state index in [0.717, 1.165) is 36.4 Å². The molecule has 0 bridgehead atoms. The van der Waals surface area contributed by atoms with E-state index < -0.39 is 0 Å².